The summed E-state index contributed by atoms with van der Waals surface area (Å²) in [5.74, 6) is 0.349. The fourth-order valence-electron chi connectivity index (χ4n) is 3.49. The lowest BCUT2D eigenvalue weighted by atomic mass is 9.90. The lowest BCUT2D eigenvalue weighted by molar-refractivity contribution is -0.115. The van der Waals surface area contributed by atoms with Gasteiger partial charge in [0.15, 0.2) is 5.58 Å². The molecule has 0 saturated heterocycles. The molecule has 1 amide bonds. The van der Waals surface area contributed by atoms with Crippen LogP contribution in [-0.2, 0) is 11.2 Å². The summed E-state index contributed by atoms with van der Waals surface area (Å²) in [7, 11) is 0. The minimum absolute atomic E-state index is 0.148. The third-order valence-electron chi connectivity index (χ3n) is 5.13. The van der Waals surface area contributed by atoms with Gasteiger partial charge in [-0.15, -0.1) is 10.2 Å². The summed E-state index contributed by atoms with van der Waals surface area (Å²) in [6, 6.07) is 3.98. The third kappa shape index (κ3) is 3.49. The first-order chi connectivity index (χ1) is 12.6. The topological polar surface area (TPSA) is 80.9 Å². The number of amides is 1. The highest BCUT2D eigenvalue weighted by molar-refractivity contribution is 7.15. The number of rotatable bonds is 4. The Balaban J connectivity index is 1.44. The van der Waals surface area contributed by atoms with E-state index < -0.39 is 0 Å². The van der Waals surface area contributed by atoms with E-state index in [1.807, 2.05) is 26.0 Å². The van der Waals surface area contributed by atoms with E-state index in [1.165, 1.54) is 43.4 Å². The zero-order valence-electron chi connectivity index (χ0n) is 15.0. The second kappa shape index (κ2) is 7.15. The Morgan fingerprint density at radius 1 is 1.19 bits per heavy atom. The first-order valence-electron chi connectivity index (χ1n) is 9.09. The average Bonchev–Trinajstić information content (AvgIpc) is 3.24. The Morgan fingerprint density at radius 3 is 2.77 bits per heavy atom. The molecule has 0 unspecified atom stereocenters. The van der Waals surface area contributed by atoms with Crippen molar-refractivity contribution in [3.63, 3.8) is 0 Å². The molecule has 2 heterocycles. The summed E-state index contributed by atoms with van der Waals surface area (Å²) < 4.78 is 5.36. The number of fused-ring (bicyclic) bond motifs is 1. The molecule has 1 aliphatic carbocycles. The van der Waals surface area contributed by atoms with Crippen LogP contribution in [-0.4, -0.2) is 21.3 Å². The van der Waals surface area contributed by atoms with Crippen molar-refractivity contribution < 1.29 is 9.32 Å². The van der Waals surface area contributed by atoms with Crippen molar-refractivity contribution in [3.05, 3.63) is 34.0 Å². The van der Waals surface area contributed by atoms with Gasteiger partial charge < -0.3 is 9.84 Å². The highest BCUT2D eigenvalue weighted by atomic mass is 32.1. The quantitative estimate of drug-likeness (QED) is 0.730. The van der Waals surface area contributed by atoms with E-state index in [0.717, 1.165) is 21.5 Å². The number of nitrogens with one attached hydrogen (secondary N) is 1. The molecule has 26 heavy (non-hydrogen) atoms. The van der Waals surface area contributed by atoms with Crippen LogP contribution in [0.25, 0.3) is 11.0 Å². The first-order valence-corrected chi connectivity index (χ1v) is 9.90. The molecule has 1 N–H and O–H groups in total. The molecule has 0 atom stereocenters. The maximum absolute atomic E-state index is 12.4. The van der Waals surface area contributed by atoms with Crippen LogP contribution in [0, 0.1) is 13.8 Å². The van der Waals surface area contributed by atoms with Gasteiger partial charge in [0, 0.05) is 11.3 Å². The van der Waals surface area contributed by atoms with E-state index in [9.17, 15) is 4.79 Å². The van der Waals surface area contributed by atoms with Crippen LogP contribution in [0.4, 0.5) is 5.13 Å². The molecule has 1 aromatic carbocycles. The minimum atomic E-state index is -0.148. The summed E-state index contributed by atoms with van der Waals surface area (Å²) >= 11 is 1.49. The number of hydrogen-bond acceptors (Lipinski definition) is 6. The molecule has 1 saturated carbocycles. The molecule has 1 fully saturated rings. The zero-order valence-corrected chi connectivity index (χ0v) is 15.9. The van der Waals surface area contributed by atoms with Crippen LogP contribution in [0.5, 0.6) is 0 Å². The van der Waals surface area contributed by atoms with Crippen LogP contribution < -0.4 is 5.32 Å². The van der Waals surface area contributed by atoms with Crippen molar-refractivity contribution in [1.82, 2.24) is 15.4 Å². The zero-order chi connectivity index (χ0) is 18.1. The Morgan fingerprint density at radius 2 is 1.96 bits per heavy atom. The number of carbonyl (C=O) groups is 1. The Hall–Kier alpha value is -2.28. The van der Waals surface area contributed by atoms with Gasteiger partial charge in [0.25, 0.3) is 0 Å². The molecule has 0 bridgehead atoms. The number of aryl methyl sites for hydroxylation is 2. The smallest absolute Gasteiger partial charge is 0.232 e. The standard InChI is InChI=1S/C19H22N4O2S/c1-11-8-14-15(23-25-16(14)9-12(11)2)10-17(24)20-19-22-21-18(26-19)13-6-4-3-5-7-13/h8-9,13H,3-7,10H2,1-2H3,(H,20,22,24). The molecule has 0 aliphatic heterocycles. The highest BCUT2D eigenvalue weighted by Gasteiger charge is 2.21. The van der Waals surface area contributed by atoms with Crippen molar-refractivity contribution >= 4 is 33.3 Å². The van der Waals surface area contributed by atoms with Gasteiger partial charge in [-0.05, 0) is 49.9 Å². The lowest BCUT2D eigenvalue weighted by Crippen LogP contribution is -2.14. The van der Waals surface area contributed by atoms with Gasteiger partial charge in [0.2, 0.25) is 11.0 Å². The maximum Gasteiger partial charge on any atom is 0.232 e. The molecule has 2 aromatic heterocycles. The number of anilines is 1. The number of carbonyl (C=O) groups excluding carboxylic acids is 1. The fourth-order valence-corrected chi connectivity index (χ4v) is 4.42. The van der Waals surface area contributed by atoms with Crippen LogP contribution in [0.1, 0.15) is 59.9 Å². The van der Waals surface area contributed by atoms with Gasteiger partial charge >= 0.3 is 0 Å². The van der Waals surface area contributed by atoms with Gasteiger partial charge in [-0.3, -0.25) is 4.79 Å². The molecule has 0 radical (unpaired) electrons. The van der Waals surface area contributed by atoms with Gasteiger partial charge in [0.1, 0.15) is 10.7 Å². The van der Waals surface area contributed by atoms with Gasteiger partial charge in [0.05, 0.1) is 6.42 Å². The van der Waals surface area contributed by atoms with E-state index in [4.69, 9.17) is 4.52 Å². The van der Waals surface area contributed by atoms with Gasteiger partial charge in [-0.25, -0.2) is 0 Å². The second-order valence-electron chi connectivity index (χ2n) is 7.07. The van der Waals surface area contributed by atoms with Crippen molar-refractivity contribution in [2.24, 2.45) is 0 Å². The van der Waals surface area contributed by atoms with Gasteiger partial charge in [-0.1, -0.05) is 35.8 Å². The molecular weight excluding hydrogens is 348 g/mol. The molecule has 6 nitrogen and oxygen atoms in total. The van der Waals surface area contributed by atoms with E-state index in [-0.39, 0.29) is 12.3 Å². The van der Waals surface area contributed by atoms with Crippen LogP contribution >= 0.6 is 11.3 Å². The highest BCUT2D eigenvalue weighted by Crippen LogP contribution is 2.35. The Kier molecular flexibility index (Phi) is 4.72. The molecule has 0 spiro atoms. The predicted molar refractivity (Wildman–Crippen MR) is 102 cm³/mol. The number of nitrogens with zero attached hydrogens (tertiary/aromatic N) is 3. The lowest BCUT2D eigenvalue weighted by Gasteiger charge is -2.18. The number of aromatic nitrogens is 3. The summed E-state index contributed by atoms with van der Waals surface area (Å²) in [5, 5.41) is 17.8. The number of benzene rings is 1. The SMILES string of the molecule is Cc1cc2onc(CC(=O)Nc3nnc(C4CCCCC4)s3)c2cc1C. The maximum atomic E-state index is 12.4. The van der Waals surface area contributed by atoms with Crippen LogP contribution in [0.15, 0.2) is 16.7 Å². The Labute approximate surface area is 156 Å². The summed E-state index contributed by atoms with van der Waals surface area (Å²) in [5.41, 5.74) is 3.67. The summed E-state index contributed by atoms with van der Waals surface area (Å²) in [4.78, 5) is 12.4. The largest absolute Gasteiger partial charge is 0.356 e. The summed E-state index contributed by atoms with van der Waals surface area (Å²) in [6.07, 6.45) is 6.32. The minimum Gasteiger partial charge on any atom is -0.356 e. The molecule has 1 aliphatic rings. The predicted octanol–water partition coefficient (Wildman–Crippen LogP) is 4.53. The molecule has 7 heteroatoms. The van der Waals surface area contributed by atoms with E-state index in [0.29, 0.717) is 22.3 Å². The van der Waals surface area contributed by atoms with Crippen molar-refractivity contribution in [1.29, 1.82) is 0 Å². The summed E-state index contributed by atoms with van der Waals surface area (Å²) in [6.45, 7) is 4.07. The first kappa shape index (κ1) is 17.1. The second-order valence-corrected chi connectivity index (χ2v) is 8.08. The van der Waals surface area contributed by atoms with Crippen molar-refractivity contribution in [2.45, 2.75) is 58.3 Å². The third-order valence-corrected chi connectivity index (χ3v) is 6.13. The molecular formula is C19H22N4O2S. The van der Waals surface area contributed by atoms with Crippen LogP contribution in [0.2, 0.25) is 0 Å². The van der Waals surface area contributed by atoms with Crippen molar-refractivity contribution in [2.75, 3.05) is 5.32 Å². The van der Waals surface area contributed by atoms with E-state index in [1.54, 1.807) is 0 Å². The van der Waals surface area contributed by atoms with Crippen molar-refractivity contribution in [3.8, 4) is 0 Å². The van der Waals surface area contributed by atoms with E-state index in [2.05, 4.69) is 20.7 Å². The molecule has 136 valence electrons. The van der Waals surface area contributed by atoms with E-state index >= 15 is 0 Å². The normalized spacial score (nSPS) is 15.5. The fraction of sp³-hybridized carbons (Fsp3) is 0.474. The monoisotopic (exact) mass is 370 g/mol. The Bertz CT molecular complexity index is 940. The average molecular weight is 370 g/mol. The van der Waals surface area contributed by atoms with Crippen LogP contribution in [0.3, 0.4) is 0 Å². The van der Waals surface area contributed by atoms with Gasteiger partial charge in [-0.2, -0.15) is 0 Å². The molecule has 4 rings (SSSR count). The number of hydrogen-bond donors (Lipinski definition) is 1. The molecule has 3 aromatic rings.